The number of nitrogens with one attached hydrogen (secondary N) is 3. The molecule has 2 rings (SSSR count). The molecule has 1 unspecified atom stereocenters. The van der Waals surface area contributed by atoms with Crippen molar-refractivity contribution < 1.29 is 22.8 Å². The van der Waals surface area contributed by atoms with Crippen molar-refractivity contribution in [3.63, 3.8) is 0 Å². The van der Waals surface area contributed by atoms with Gasteiger partial charge in [0, 0.05) is 12.1 Å². The third-order valence-corrected chi connectivity index (χ3v) is 2.96. The van der Waals surface area contributed by atoms with Crippen LogP contribution in [0.4, 0.5) is 18.9 Å². The average Bonchev–Trinajstić information content (AvgIpc) is 2.76. The van der Waals surface area contributed by atoms with Gasteiger partial charge in [0.05, 0.1) is 19.1 Å². The lowest BCUT2D eigenvalue weighted by molar-refractivity contribution is -0.125. The quantitative estimate of drug-likeness (QED) is 0.775. The van der Waals surface area contributed by atoms with Gasteiger partial charge in [0.15, 0.2) is 0 Å². The van der Waals surface area contributed by atoms with Crippen LogP contribution in [0, 0.1) is 5.82 Å². The number of carbonyl (C=O) groups excluding carboxylic acids is 2. The Bertz CT molecular complexity index is 557. The van der Waals surface area contributed by atoms with E-state index in [-0.39, 0.29) is 24.6 Å². The minimum atomic E-state index is -2.91. The molecule has 1 aliphatic rings. The van der Waals surface area contributed by atoms with Crippen LogP contribution in [-0.4, -0.2) is 36.9 Å². The summed E-state index contributed by atoms with van der Waals surface area (Å²) < 4.78 is 38.8. The van der Waals surface area contributed by atoms with Crippen molar-refractivity contribution in [1.82, 2.24) is 10.6 Å². The van der Waals surface area contributed by atoms with E-state index < -0.39 is 42.6 Å². The fourth-order valence-electron chi connectivity index (χ4n) is 1.96. The first-order chi connectivity index (χ1) is 9.85. The molecule has 1 aromatic rings. The Morgan fingerprint density at radius 1 is 1.36 bits per heavy atom. The Kier molecular flexibility index (Phi) is 6.19. The van der Waals surface area contributed by atoms with Crippen LogP contribution in [0.15, 0.2) is 24.3 Å². The topological polar surface area (TPSA) is 70.2 Å². The van der Waals surface area contributed by atoms with E-state index in [1.807, 2.05) is 0 Å². The fourth-order valence-corrected chi connectivity index (χ4v) is 1.96. The Labute approximate surface area is 131 Å². The third-order valence-electron chi connectivity index (χ3n) is 2.96. The zero-order valence-corrected chi connectivity index (χ0v) is 12.2. The van der Waals surface area contributed by atoms with Crippen LogP contribution < -0.4 is 16.0 Å². The predicted molar refractivity (Wildman–Crippen MR) is 76.6 cm³/mol. The Hall–Kier alpha value is -1.80. The third kappa shape index (κ3) is 5.19. The van der Waals surface area contributed by atoms with Gasteiger partial charge in [0.1, 0.15) is 5.82 Å². The summed E-state index contributed by atoms with van der Waals surface area (Å²) in [5.41, 5.74) is 0.250. The maximum absolute atomic E-state index is 12.9. The molecular formula is C13H15ClF3N3O2. The van der Waals surface area contributed by atoms with Crippen molar-refractivity contribution in [1.29, 1.82) is 0 Å². The van der Waals surface area contributed by atoms with Crippen LogP contribution in [-0.2, 0) is 9.59 Å². The first-order valence-corrected chi connectivity index (χ1v) is 6.30. The van der Waals surface area contributed by atoms with Gasteiger partial charge in [-0.3, -0.25) is 14.9 Å². The zero-order valence-electron chi connectivity index (χ0n) is 11.4. The first kappa shape index (κ1) is 18.2. The molecule has 1 heterocycles. The largest absolute Gasteiger partial charge is 0.346 e. The molecule has 1 saturated heterocycles. The average molecular weight is 338 g/mol. The maximum atomic E-state index is 12.9. The number of rotatable bonds is 4. The van der Waals surface area contributed by atoms with E-state index in [0.29, 0.717) is 0 Å². The molecular weight excluding hydrogens is 323 g/mol. The molecule has 122 valence electrons. The van der Waals surface area contributed by atoms with Crippen molar-refractivity contribution in [3.05, 3.63) is 30.1 Å². The van der Waals surface area contributed by atoms with Crippen molar-refractivity contribution in [2.24, 2.45) is 0 Å². The fraction of sp³-hybridized carbons (Fsp3) is 0.385. The summed E-state index contributed by atoms with van der Waals surface area (Å²) in [5.74, 6) is -4.65. The van der Waals surface area contributed by atoms with E-state index in [1.54, 1.807) is 0 Å². The minimum Gasteiger partial charge on any atom is -0.346 e. The highest BCUT2D eigenvalue weighted by Gasteiger charge is 2.42. The second-order valence-corrected chi connectivity index (χ2v) is 4.77. The summed E-state index contributed by atoms with van der Waals surface area (Å²) in [6.45, 7) is -0.931. The number of anilines is 1. The van der Waals surface area contributed by atoms with Crippen LogP contribution in [0.1, 0.15) is 6.42 Å². The lowest BCUT2D eigenvalue weighted by Gasteiger charge is -2.11. The van der Waals surface area contributed by atoms with Crippen LogP contribution in [0.5, 0.6) is 0 Å². The van der Waals surface area contributed by atoms with Crippen LogP contribution >= 0.6 is 12.4 Å². The maximum Gasteiger partial charge on any atom is 0.262 e. The van der Waals surface area contributed by atoms with E-state index >= 15 is 0 Å². The SMILES string of the molecule is Cl.O=C(CNC(=O)C1CC(F)(F)CN1)Nc1cccc(F)c1. The molecule has 1 fully saturated rings. The molecule has 1 atom stereocenters. The van der Waals surface area contributed by atoms with E-state index in [2.05, 4.69) is 16.0 Å². The summed E-state index contributed by atoms with van der Waals surface area (Å²) in [7, 11) is 0. The molecule has 0 aliphatic carbocycles. The summed E-state index contributed by atoms with van der Waals surface area (Å²) in [6, 6.07) is 4.25. The minimum absolute atomic E-state index is 0. The highest BCUT2D eigenvalue weighted by Crippen LogP contribution is 2.24. The standard InChI is InChI=1S/C13H14F3N3O2.ClH/c14-8-2-1-3-9(4-8)19-11(20)6-17-12(21)10-5-13(15,16)7-18-10;/h1-4,10,18H,5-7H2,(H,17,21)(H,19,20);1H. The van der Waals surface area contributed by atoms with E-state index in [4.69, 9.17) is 0 Å². The number of carbonyl (C=O) groups is 2. The lowest BCUT2D eigenvalue weighted by Crippen LogP contribution is -2.43. The second-order valence-electron chi connectivity index (χ2n) is 4.77. The van der Waals surface area contributed by atoms with Gasteiger partial charge in [-0.2, -0.15) is 0 Å². The van der Waals surface area contributed by atoms with Gasteiger partial charge < -0.3 is 10.6 Å². The smallest absolute Gasteiger partial charge is 0.262 e. The summed E-state index contributed by atoms with van der Waals surface area (Å²) in [6.07, 6.45) is -0.593. The Morgan fingerprint density at radius 2 is 2.09 bits per heavy atom. The summed E-state index contributed by atoms with van der Waals surface area (Å²) in [4.78, 5) is 23.2. The number of alkyl halides is 2. The van der Waals surface area contributed by atoms with E-state index in [9.17, 15) is 22.8 Å². The Morgan fingerprint density at radius 3 is 2.68 bits per heavy atom. The van der Waals surface area contributed by atoms with E-state index in [0.717, 1.165) is 6.07 Å². The van der Waals surface area contributed by atoms with Crippen LogP contribution in [0.3, 0.4) is 0 Å². The molecule has 1 aliphatic heterocycles. The predicted octanol–water partition coefficient (Wildman–Crippen LogP) is 1.30. The molecule has 5 nitrogen and oxygen atoms in total. The number of hydrogen-bond acceptors (Lipinski definition) is 3. The normalized spacial score (nSPS) is 19.1. The van der Waals surface area contributed by atoms with E-state index in [1.165, 1.54) is 18.2 Å². The molecule has 2 amide bonds. The molecule has 9 heteroatoms. The van der Waals surface area contributed by atoms with Gasteiger partial charge >= 0.3 is 0 Å². The van der Waals surface area contributed by atoms with Gasteiger partial charge in [-0.1, -0.05) is 6.07 Å². The molecule has 0 bridgehead atoms. The summed E-state index contributed by atoms with van der Waals surface area (Å²) >= 11 is 0. The lowest BCUT2D eigenvalue weighted by atomic mass is 10.2. The molecule has 22 heavy (non-hydrogen) atoms. The van der Waals surface area contributed by atoms with Gasteiger partial charge in [-0.25, -0.2) is 13.2 Å². The zero-order chi connectivity index (χ0) is 15.5. The second kappa shape index (κ2) is 7.46. The van der Waals surface area contributed by atoms with Gasteiger partial charge in [0.2, 0.25) is 11.8 Å². The van der Waals surface area contributed by atoms with Crippen molar-refractivity contribution in [2.45, 2.75) is 18.4 Å². The van der Waals surface area contributed by atoms with Crippen LogP contribution in [0.25, 0.3) is 0 Å². The highest BCUT2D eigenvalue weighted by molar-refractivity contribution is 5.95. The molecule has 1 aromatic carbocycles. The highest BCUT2D eigenvalue weighted by atomic mass is 35.5. The number of halogens is 4. The Balaban J connectivity index is 0.00000242. The molecule has 0 spiro atoms. The number of hydrogen-bond donors (Lipinski definition) is 3. The van der Waals surface area contributed by atoms with Gasteiger partial charge in [0.25, 0.3) is 5.92 Å². The molecule has 0 radical (unpaired) electrons. The molecule has 3 N–H and O–H groups in total. The van der Waals surface area contributed by atoms with Crippen molar-refractivity contribution in [3.8, 4) is 0 Å². The monoisotopic (exact) mass is 337 g/mol. The van der Waals surface area contributed by atoms with Crippen molar-refractivity contribution >= 4 is 29.9 Å². The number of amides is 2. The first-order valence-electron chi connectivity index (χ1n) is 6.30. The molecule has 0 saturated carbocycles. The van der Waals surface area contributed by atoms with Crippen molar-refractivity contribution in [2.75, 3.05) is 18.4 Å². The van der Waals surface area contributed by atoms with Gasteiger partial charge in [-0.05, 0) is 18.2 Å². The molecule has 0 aromatic heterocycles. The van der Waals surface area contributed by atoms with Crippen LogP contribution in [0.2, 0.25) is 0 Å². The van der Waals surface area contributed by atoms with Gasteiger partial charge in [-0.15, -0.1) is 12.4 Å². The number of benzene rings is 1. The summed E-state index contributed by atoms with van der Waals surface area (Å²) in [5, 5.41) is 7.02.